The number of hydrogen-bond acceptors (Lipinski definition) is 3. The minimum absolute atomic E-state index is 0.526. The zero-order chi connectivity index (χ0) is 13.4. The van der Waals surface area contributed by atoms with Crippen molar-refractivity contribution in [2.24, 2.45) is 0 Å². The van der Waals surface area contributed by atoms with Crippen molar-refractivity contribution < 1.29 is 0 Å². The molecule has 2 heterocycles. The maximum atomic E-state index is 8.88. The second kappa shape index (κ2) is 5.03. The van der Waals surface area contributed by atoms with Crippen molar-refractivity contribution in [3.63, 3.8) is 0 Å². The lowest BCUT2D eigenvalue weighted by Crippen LogP contribution is -2.44. The maximum absolute atomic E-state index is 8.88. The molecule has 0 amide bonds. The smallest absolute Gasteiger partial charge is 0.101 e. The van der Waals surface area contributed by atoms with E-state index in [2.05, 4.69) is 23.3 Å². The maximum Gasteiger partial charge on any atom is 0.101 e. The molecule has 0 spiro atoms. The van der Waals surface area contributed by atoms with E-state index in [4.69, 9.17) is 16.9 Å². The lowest BCUT2D eigenvalue weighted by molar-refractivity contribution is 0.169. The topological polar surface area (TPSA) is 39.1 Å². The number of fused-ring (bicyclic) bond motifs is 2. The van der Waals surface area contributed by atoms with Crippen molar-refractivity contribution in [1.29, 1.82) is 5.26 Å². The lowest BCUT2D eigenvalue weighted by atomic mass is 9.97. The SMILES string of the molecule is CN1C2CCC1CC(Nc1ccc(C#N)c(Cl)c1)C2. The normalized spacial score (nSPS) is 30.1. The van der Waals surface area contributed by atoms with E-state index in [0.29, 0.717) is 16.6 Å². The van der Waals surface area contributed by atoms with Crippen molar-refractivity contribution >= 4 is 17.3 Å². The summed E-state index contributed by atoms with van der Waals surface area (Å²) < 4.78 is 0. The summed E-state index contributed by atoms with van der Waals surface area (Å²) in [6, 6.07) is 9.67. The van der Waals surface area contributed by atoms with E-state index in [9.17, 15) is 0 Å². The Bertz CT molecular complexity index is 509. The number of halogens is 1. The summed E-state index contributed by atoms with van der Waals surface area (Å²) in [5.41, 5.74) is 1.56. The summed E-state index contributed by atoms with van der Waals surface area (Å²) in [4.78, 5) is 2.53. The first kappa shape index (κ1) is 12.8. The van der Waals surface area contributed by atoms with Crippen LogP contribution in [0.4, 0.5) is 5.69 Å². The van der Waals surface area contributed by atoms with E-state index in [1.165, 1.54) is 25.7 Å². The lowest BCUT2D eigenvalue weighted by Gasteiger charge is -2.37. The van der Waals surface area contributed by atoms with Crippen LogP contribution in [0.15, 0.2) is 18.2 Å². The van der Waals surface area contributed by atoms with Crippen LogP contribution in [0.5, 0.6) is 0 Å². The summed E-state index contributed by atoms with van der Waals surface area (Å²) in [6.45, 7) is 0. The van der Waals surface area contributed by atoms with E-state index >= 15 is 0 Å². The molecule has 2 fully saturated rings. The van der Waals surface area contributed by atoms with Crippen molar-refractivity contribution in [3.8, 4) is 6.07 Å². The molecule has 2 aliphatic rings. The summed E-state index contributed by atoms with van der Waals surface area (Å²) in [6.07, 6.45) is 5.05. The fourth-order valence-electron chi connectivity index (χ4n) is 3.46. The number of nitriles is 1. The van der Waals surface area contributed by atoms with Gasteiger partial charge in [-0.3, -0.25) is 0 Å². The fraction of sp³-hybridized carbons (Fsp3) is 0.533. The average Bonchev–Trinajstić information content (AvgIpc) is 2.63. The predicted octanol–water partition coefficient (Wildman–Crippen LogP) is 3.25. The van der Waals surface area contributed by atoms with Crippen LogP contribution in [0.3, 0.4) is 0 Å². The molecule has 1 aromatic rings. The molecule has 0 saturated carbocycles. The Hall–Kier alpha value is -1.24. The van der Waals surface area contributed by atoms with Gasteiger partial charge in [-0.15, -0.1) is 0 Å². The second-order valence-electron chi connectivity index (χ2n) is 5.67. The molecule has 2 bridgehead atoms. The zero-order valence-electron chi connectivity index (χ0n) is 11.1. The van der Waals surface area contributed by atoms with Crippen molar-refractivity contribution in [2.45, 2.75) is 43.8 Å². The molecule has 3 rings (SSSR count). The van der Waals surface area contributed by atoms with Crippen molar-refractivity contribution in [1.82, 2.24) is 4.90 Å². The molecule has 2 aliphatic heterocycles. The highest BCUT2D eigenvalue weighted by Crippen LogP contribution is 2.35. The third-order valence-corrected chi connectivity index (χ3v) is 4.87. The number of benzene rings is 1. The number of nitrogens with one attached hydrogen (secondary N) is 1. The Morgan fingerprint density at radius 1 is 1.32 bits per heavy atom. The molecule has 2 unspecified atom stereocenters. The summed E-state index contributed by atoms with van der Waals surface area (Å²) >= 11 is 6.07. The molecular formula is C15H18ClN3. The first-order valence-electron chi connectivity index (χ1n) is 6.85. The highest BCUT2D eigenvalue weighted by atomic mass is 35.5. The monoisotopic (exact) mass is 275 g/mol. The van der Waals surface area contributed by atoms with Gasteiger partial charge in [-0.2, -0.15) is 5.26 Å². The molecule has 1 N–H and O–H groups in total. The molecule has 3 nitrogen and oxygen atoms in total. The zero-order valence-corrected chi connectivity index (χ0v) is 11.8. The first-order chi connectivity index (χ1) is 9.17. The Labute approximate surface area is 119 Å². The van der Waals surface area contributed by atoms with Crippen LogP contribution in [0.2, 0.25) is 5.02 Å². The molecule has 0 aromatic heterocycles. The van der Waals surface area contributed by atoms with Gasteiger partial charge in [-0.05, 0) is 50.9 Å². The highest BCUT2D eigenvalue weighted by Gasteiger charge is 2.38. The summed E-state index contributed by atoms with van der Waals surface area (Å²) in [5.74, 6) is 0. The Kier molecular flexibility index (Phi) is 3.38. The highest BCUT2D eigenvalue weighted by molar-refractivity contribution is 6.32. The van der Waals surface area contributed by atoms with E-state index in [-0.39, 0.29) is 0 Å². The molecule has 2 atom stereocenters. The predicted molar refractivity (Wildman–Crippen MR) is 77.4 cm³/mol. The standard InChI is InChI=1S/C15H18ClN3/c1-19-13-4-5-14(19)7-12(6-13)18-11-3-2-10(9-17)15(16)8-11/h2-3,8,12-14,18H,4-7H2,1H3. The van der Waals surface area contributed by atoms with Gasteiger partial charge in [0.2, 0.25) is 0 Å². The number of hydrogen-bond donors (Lipinski definition) is 1. The minimum Gasteiger partial charge on any atom is -0.382 e. The van der Waals surface area contributed by atoms with E-state index < -0.39 is 0 Å². The van der Waals surface area contributed by atoms with Gasteiger partial charge in [-0.25, -0.2) is 0 Å². The molecule has 1 aromatic carbocycles. The Morgan fingerprint density at radius 3 is 2.58 bits per heavy atom. The average molecular weight is 276 g/mol. The molecule has 0 radical (unpaired) electrons. The quantitative estimate of drug-likeness (QED) is 0.901. The second-order valence-corrected chi connectivity index (χ2v) is 6.08. The van der Waals surface area contributed by atoms with Crippen LogP contribution in [0.25, 0.3) is 0 Å². The molecule has 19 heavy (non-hydrogen) atoms. The van der Waals surface area contributed by atoms with Crippen LogP contribution < -0.4 is 5.32 Å². The molecule has 0 aliphatic carbocycles. The Balaban J connectivity index is 1.70. The minimum atomic E-state index is 0.526. The summed E-state index contributed by atoms with van der Waals surface area (Å²) in [7, 11) is 2.25. The van der Waals surface area contributed by atoms with Gasteiger partial charge in [-0.1, -0.05) is 11.6 Å². The van der Waals surface area contributed by atoms with E-state index in [0.717, 1.165) is 17.8 Å². The fourth-order valence-corrected chi connectivity index (χ4v) is 3.68. The Morgan fingerprint density at radius 2 is 2.00 bits per heavy atom. The molecule has 4 heteroatoms. The largest absolute Gasteiger partial charge is 0.382 e. The van der Waals surface area contributed by atoms with Gasteiger partial charge in [0.15, 0.2) is 0 Å². The van der Waals surface area contributed by atoms with E-state index in [1.54, 1.807) is 6.07 Å². The van der Waals surface area contributed by atoms with Crippen LogP contribution >= 0.6 is 11.6 Å². The van der Waals surface area contributed by atoms with Crippen molar-refractivity contribution in [3.05, 3.63) is 28.8 Å². The van der Waals surface area contributed by atoms with Crippen molar-refractivity contribution in [2.75, 3.05) is 12.4 Å². The van der Waals surface area contributed by atoms with Gasteiger partial charge in [0.25, 0.3) is 0 Å². The van der Waals surface area contributed by atoms with Gasteiger partial charge in [0, 0.05) is 23.8 Å². The number of rotatable bonds is 2. The van der Waals surface area contributed by atoms with Gasteiger partial charge >= 0.3 is 0 Å². The third kappa shape index (κ3) is 2.43. The number of nitrogens with zero attached hydrogens (tertiary/aromatic N) is 2. The van der Waals surface area contributed by atoms with Crippen LogP contribution in [0, 0.1) is 11.3 Å². The molecule has 100 valence electrons. The summed E-state index contributed by atoms with van der Waals surface area (Å²) in [5, 5.41) is 13.0. The van der Waals surface area contributed by atoms with E-state index in [1.807, 2.05) is 12.1 Å². The first-order valence-corrected chi connectivity index (χ1v) is 7.23. The van der Waals surface area contributed by atoms with Crippen LogP contribution in [-0.2, 0) is 0 Å². The van der Waals surface area contributed by atoms with Crippen LogP contribution in [0.1, 0.15) is 31.2 Å². The third-order valence-electron chi connectivity index (χ3n) is 4.56. The number of anilines is 1. The van der Waals surface area contributed by atoms with Gasteiger partial charge in [0.1, 0.15) is 6.07 Å². The molecular weight excluding hydrogens is 258 g/mol. The van der Waals surface area contributed by atoms with Gasteiger partial charge in [0.05, 0.1) is 10.6 Å². The number of piperidine rings is 1. The molecule has 2 saturated heterocycles. The van der Waals surface area contributed by atoms with Crippen LogP contribution in [-0.4, -0.2) is 30.1 Å². The van der Waals surface area contributed by atoms with Gasteiger partial charge < -0.3 is 10.2 Å².